The molecule has 1 saturated carbocycles. The van der Waals surface area contributed by atoms with Crippen molar-refractivity contribution in [1.82, 2.24) is 15.2 Å². The van der Waals surface area contributed by atoms with E-state index in [1.54, 1.807) is 0 Å². The lowest BCUT2D eigenvalue weighted by Gasteiger charge is -2.37. The molecule has 2 amide bonds. The lowest BCUT2D eigenvalue weighted by Crippen LogP contribution is -2.45. The number of likely N-dealkylation sites (tertiary alicyclic amines) is 1. The Balaban J connectivity index is 1.32. The number of pyridine rings is 1. The number of ether oxygens (including phenoxy) is 3. The predicted octanol–water partition coefficient (Wildman–Crippen LogP) is 4.97. The highest BCUT2D eigenvalue weighted by atomic mass is 32.1. The predicted molar refractivity (Wildman–Crippen MR) is 118 cm³/mol. The average molecular weight is 555 g/mol. The normalized spacial score (nSPS) is 21.0. The first-order valence-electron chi connectivity index (χ1n) is 11.4. The first kappa shape index (κ1) is 27.2. The van der Waals surface area contributed by atoms with Gasteiger partial charge in [0.1, 0.15) is 12.2 Å². The minimum absolute atomic E-state index is 0.0132. The van der Waals surface area contributed by atoms with Crippen LogP contribution in [0.3, 0.4) is 0 Å². The number of aromatic nitrogens is 1. The fourth-order valence-electron chi connectivity index (χ4n) is 4.22. The van der Waals surface area contributed by atoms with Crippen LogP contribution in [0.15, 0.2) is 11.4 Å². The minimum atomic E-state index is -4.69. The smallest absolute Gasteiger partial charge is 0.474 e. The van der Waals surface area contributed by atoms with Gasteiger partial charge in [-0.25, -0.2) is 9.78 Å². The third-order valence-electron chi connectivity index (χ3n) is 6.21. The number of amides is 2. The molecular weight excluding hydrogens is 532 g/mol. The van der Waals surface area contributed by atoms with E-state index in [1.165, 1.54) is 17.3 Å². The summed E-state index contributed by atoms with van der Waals surface area (Å²) in [4.78, 5) is 30.0. The Morgan fingerprint density at radius 2 is 1.81 bits per heavy atom. The number of nitrogens with zero attached hydrogens (tertiary/aromatic N) is 2. The minimum Gasteiger partial charge on any atom is -0.474 e. The summed E-state index contributed by atoms with van der Waals surface area (Å²) in [5.41, 5.74) is -1.04. The number of carbonyl (C=O) groups excluding carboxylic acids is 2. The van der Waals surface area contributed by atoms with E-state index in [4.69, 9.17) is 9.47 Å². The number of hydrogen-bond donors (Lipinski definition) is 1. The zero-order valence-electron chi connectivity index (χ0n) is 19.4. The van der Waals surface area contributed by atoms with E-state index < -0.39 is 48.9 Å². The van der Waals surface area contributed by atoms with E-state index in [9.17, 15) is 35.9 Å². The third kappa shape index (κ3) is 6.55. The summed E-state index contributed by atoms with van der Waals surface area (Å²) in [6.07, 6.45) is -9.84. The van der Waals surface area contributed by atoms with Crippen LogP contribution >= 0.6 is 11.3 Å². The van der Waals surface area contributed by atoms with E-state index in [2.05, 4.69) is 15.0 Å². The second-order valence-corrected chi connectivity index (χ2v) is 9.70. The summed E-state index contributed by atoms with van der Waals surface area (Å²) in [6, 6.07) is 0.808. The van der Waals surface area contributed by atoms with Gasteiger partial charge in [0.15, 0.2) is 0 Å². The Kier molecular flexibility index (Phi) is 7.74. The van der Waals surface area contributed by atoms with Gasteiger partial charge in [-0.1, -0.05) is 0 Å². The van der Waals surface area contributed by atoms with Crippen molar-refractivity contribution in [3.63, 3.8) is 0 Å². The van der Waals surface area contributed by atoms with Crippen molar-refractivity contribution in [2.75, 3.05) is 26.7 Å². The topological polar surface area (TPSA) is 90.0 Å². The Labute approximate surface area is 210 Å². The van der Waals surface area contributed by atoms with E-state index in [0.717, 1.165) is 17.4 Å². The van der Waals surface area contributed by atoms with E-state index in [0.29, 0.717) is 12.8 Å². The summed E-state index contributed by atoms with van der Waals surface area (Å²) >= 11 is 0.771. The summed E-state index contributed by atoms with van der Waals surface area (Å²) < 4.78 is 92.0. The molecule has 2 aromatic heterocycles. The van der Waals surface area contributed by atoms with Crippen molar-refractivity contribution in [2.24, 2.45) is 5.92 Å². The van der Waals surface area contributed by atoms with Gasteiger partial charge in [-0.05, 0) is 18.8 Å². The Hall–Kier alpha value is -2.81. The first-order chi connectivity index (χ1) is 17.3. The van der Waals surface area contributed by atoms with E-state index in [-0.39, 0.29) is 53.5 Å². The molecule has 0 bridgehead atoms. The fraction of sp³-hybridized carbons (Fsp3) is 0.591. The van der Waals surface area contributed by atoms with Gasteiger partial charge in [0.25, 0.3) is 5.91 Å². The highest BCUT2D eigenvalue weighted by Gasteiger charge is 2.39. The SMILES string of the molecule is CNC(=O)c1csc2c(C(F)(F)F)cc(OC3CCN(C(=O)O[C@H]4C[C@H](COC(F)(F)F)C4)CC3)nc12. The summed E-state index contributed by atoms with van der Waals surface area (Å²) in [7, 11) is 1.36. The van der Waals surface area contributed by atoms with Crippen LogP contribution in [-0.2, 0) is 15.7 Å². The number of alkyl halides is 6. The van der Waals surface area contributed by atoms with Crippen LogP contribution in [0.5, 0.6) is 5.88 Å². The standard InChI is InChI=1S/C22H23F6N3O5S/c1-29-19(32)14-10-37-18-15(21(23,24)25)8-16(30-17(14)18)35-12-2-4-31(5-3-12)20(33)36-13-6-11(7-13)9-34-22(26,27)28/h8,10-13H,2-7,9H2,1H3,(H,29,32)/t11-,13-. The van der Waals surface area contributed by atoms with Gasteiger partial charge in [-0.3, -0.25) is 9.53 Å². The maximum atomic E-state index is 13.7. The van der Waals surface area contributed by atoms with Crippen LogP contribution in [0.1, 0.15) is 41.6 Å². The molecular formula is C22H23F6N3O5S. The molecule has 1 aliphatic heterocycles. The number of rotatable bonds is 6. The number of nitrogens with one attached hydrogen (secondary N) is 1. The van der Waals surface area contributed by atoms with Crippen LogP contribution in [-0.4, -0.2) is 67.2 Å². The van der Waals surface area contributed by atoms with Crippen molar-refractivity contribution in [1.29, 1.82) is 0 Å². The van der Waals surface area contributed by atoms with Crippen molar-refractivity contribution < 1.29 is 50.1 Å². The molecule has 8 nitrogen and oxygen atoms in total. The fourth-order valence-corrected chi connectivity index (χ4v) is 5.24. The zero-order chi connectivity index (χ0) is 27.0. The third-order valence-corrected chi connectivity index (χ3v) is 7.21. The Bertz CT molecular complexity index is 1140. The van der Waals surface area contributed by atoms with Crippen LogP contribution < -0.4 is 10.1 Å². The van der Waals surface area contributed by atoms with Crippen LogP contribution in [0, 0.1) is 5.92 Å². The molecule has 0 atom stereocenters. The number of halogens is 6. The molecule has 0 unspecified atom stereocenters. The van der Waals surface area contributed by atoms with Gasteiger partial charge < -0.3 is 19.7 Å². The zero-order valence-corrected chi connectivity index (χ0v) is 20.3. The number of thiophene rings is 1. The molecule has 1 saturated heterocycles. The highest BCUT2D eigenvalue weighted by molar-refractivity contribution is 7.17. The molecule has 0 spiro atoms. The van der Waals surface area contributed by atoms with Crippen molar-refractivity contribution in [3.05, 3.63) is 22.6 Å². The summed E-state index contributed by atoms with van der Waals surface area (Å²) in [5.74, 6) is -1.18. The van der Waals surface area contributed by atoms with Crippen LogP contribution in [0.2, 0.25) is 0 Å². The quantitative estimate of drug-likeness (QED) is 0.507. The molecule has 15 heteroatoms. The molecule has 2 aliphatic rings. The molecule has 0 radical (unpaired) electrons. The van der Waals surface area contributed by atoms with Gasteiger partial charge in [-0.2, -0.15) is 13.2 Å². The average Bonchev–Trinajstić information content (AvgIpc) is 3.22. The summed E-state index contributed by atoms with van der Waals surface area (Å²) in [5, 5.41) is 3.69. The maximum Gasteiger partial charge on any atom is 0.522 e. The molecule has 204 valence electrons. The molecule has 2 fully saturated rings. The first-order valence-corrected chi connectivity index (χ1v) is 12.3. The Morgan fingerprint density at radius 1 is 1.14 bits per heavy atom. The number of fused-ring (bicyclic) bond motifs is 1. The molecule has 1 aliphatic carbocycles. The van der Waals surface area contributed by atoms with Crippen molar-refractivity contribution in [2.45, 2.75) is 50.4 Å². The van der Waals surface area contributed by atoms with Crippen molar-refractivity contribution in [3.8, 4) is 5.88 Å². The van der Waals surface area contributed by atoms with Gasteiger partial charge in [-0.15, -0.1) is 24.5 Å². The lowest BCUT2D eigenvalue weighted by molar-refractivity contribution is -0.331. The van der Waals surface area contributed by atoms with Crippen LogP contribution in [0.4, 0.5) is 31.1 Å². The van der Waals surface area contributed by atoms with Gasteiger partial charge in [0.05, 0.1) is 28.0 Å². The monoisotopic (exact) mass is 555 g/mol. The Morgan fingerprint density at radius 3 is 2.41 bits per heavy atom. The maximum absolute atomic E-state index is 13.7. The number of hydrogen-bond acceptors (Lipinski definition) is 7. The molecule has 37 heavy (non-hydrogen) atoms. The van der Waals surface area contributed by atoms with Gasteiger partial charge >= 0.3 is 18.6 Å². The molecule has 2 aromatic rings. The number of carbonyl (C=O) groups is 2. The second kappa shape index (κ2) is 10.5. The molecule has 0 aromatic carbocycles. The highest BCUT2D eigenvalue weighted by Crippen LogP contribution is 2.40. The summed E-state index contributed by atoms with van der Waals surface area (Å²) in [6.45, 7) is -0.0492. The second-order valence-electron chi connectivity index (χ2n) is 8.82. The van der Waals surface area contributed by atoms with E-state index in [1.807, 2.05) is 0 Å². The molecule has 4 rings (SSSR count). The number of piperidine rings is 1. The lowest BCUT2D eigenvalue weighted by atomic mass is 9.83. The van der Waals surface area contributed by atoms with Gasteiger partial charge in [0, 0.05) is 44.4 Å². The van der Waals surface area contributed by atoms with E-state index >= 15 is 0 Å². The van der Waals surface area contributed by atoms with Crippen LogP contribution in [0.25, 0.3) is 10.2 Å². The van der Waals surface area contributed by atoms with Crippen molar-refractivity contribution >= 4 is 33.6 Å². The molecule has 3 heterocycles. The van der Waals surface area contributed by atoms with Gasteiger partial charge in [0.2, 0.25) is 5.88 Å². The molecule has 1 N–H and O–H groups in total. The largest absolute Gasteiger partial charge is 0.522 e.